The minimum absolute atomic E-state index is 0.0104. The second-order valence-corrected chi connectivity index (χ2v) is 20.9. The van der Waals surface area contributed by atoms with E-state index in [1.54, 1.807) is 0 Å². The van der Waals surface area contributed by atoms with Gasteiger partial charge in [-0.25, -0.2) is 0 Å². The molecule has 10 aromatic rings. The number of hydrogen-bond donors (Lipinski definition) is 0. The summed E-state index contributed by atoms with van der Waals surface area (Å²) in [5.74, 6) is 4.48. The molecule has 0 atom stereocenters. The van der Waals surface area contributed by atoms with Crippen molar-refractivity contribution in [1.82, 2.24) is 9.13 Å². The topological polar surface area (TPSA) is 73.1 Å². The molecule has 0 saturated carbocycles. The van der Waals surface area contributed by atoms with Crippen LogP contribution in [0.2, 0.25) is 0 Å². The van der Waals surface area contributed by atoms with E-state index < -0.39 is 0 Å². The number of aromatic nitrogens is 2. The molecule has 69 heavy (non-hydrogen) atoms. The molecule has 0 spiro atoms. The molecule has 4 aromatic heterocycles. The first-order chi connectivity index (χ1) is 33.3. The van der Waals surface area contributed by atoms with Gasteiger partial charge in [-0.1, -0.05) is 90.1 Å². The van der Waals surface area contributed by atoms with Gasteiger partial charge in [-0.05, 0) is 130 Å². The van der Waals surface area contributed by atoms with Gasteiger partial charge in [0.2, 0.25) is 0 Å². The molecule has 0 N–H and O–H groups in total. The van der Waals surface area contributed by atoms with Crippen molar-refractivity contribution in [1.29, 1.82) is 0 Å². The van der Waals surface area contributed by atoms with Crippen LogP contribution >= 0.6 is 0 Å². The molecule has 0 bridgehead atoms. The molecule has 9 heteroatoms. The first-order valence-corrected chi connectivity index (χ1v) is 24.4. The maximum absolute atomic E-state index is 6.80. The molecule has 0 aliphatic carbocycles. The molecular formula is C60H57BN2O6. The Morgan fingerprint density at radius 1 is 0.507 bits per heavy atom. The fraction of sp³-hybridized carbons (Fsp3) is 0.267. The molecule has 6 aromatic carbocycles. The fourth-order valence-corrected chi connectivity index (χ4v) is 10.8. The number of hydrogen-bond acceptors (Lipinski definition) is 6. The highest BCUT2D eigenvalue weighted by molar-refractivity contribution is 7.00. The molecule has 2 aliphatic heterocycles. The van der Waals surface area contributed by atoms with Gasteiger partial charge in [0.05, 0.1) is 43.0 Å². The summed E-state index contributed by atoms with van der Waals surface area (Å²) in [6, 6.07) is 46.6. The van der Waals surface area contributed by atoms with E-state index in [4.69, 9.17) is 27.8 Å². The first kappa shape index (κ1) is 43.1. The Balaban J connectivity index is 0.987. The van der Waals surface area contributed by atoms with Crippen molar-refractivity contribution in [2.45, 2.75) is 79.1 Å². The van der Waals surface area contributed by atoms with E-state index in [0.29, 0.717) is 44.7 Å². The average molecular weight is 913 g/mol. The van der Waals surface area contributed by atoms with Crippen molar-refractivity contribution in [3.63, 3.8) is 0 Å². The highest BCUT2D eigenvalue weighted by Crippen LogP contribution is 2.45. The first-order valence-electron chi connectivity index (χ1n) is 24.4. The van der Waals surface area contributed by atoms with Gasteiger partial charge < -0.3 is 36.9 Å². The zero-order chi connectivity index (χ0) is 47.3. The molecule has 6 heterocycles. The molecule has 0 amide bonds. The smallest absolute Gasteiger partial charge is 0.284 e. The number of ether oxygens (including phenoxy) is 4. The molecule has 2 aliphatic rings. The Labute approximate surface area is 403 Å². The second kappa shape index (κ2) is 16.2. The van der Waals surface area contributed by atoms with Crippen LogP contribution in [0, 0.1) is 13.8 Å². The summed E-state index contributed by atoms with van der Waals surface area (Å²) in [7, 11) is 0. The van der Waals surface area contributed by atoms with Gasteiger partial charge in [0, 0.05) is 63.4 Å². The highest BCUT2D eigenvalue weighted by Gasteiger charge is 2.42. The predicted octanol–water partition coefficient (Wildman–Crippen LogP) is 12.8. The Hall–Kier alpha value is -7.26. The van der Waals surface area contributed by atoms with Crippen LogP contribution in [0.15, 0.2) is 136 Å². The van der Waals surface area contributed by atoms with Crippen LogP contribution in [0.1, 0.15) is 77.0 Å². The van der Waals surface area contributed by atoms with Crippen LogP contribution < -0.4 is 35.3 Å². The second-order valence-electron chi connectivity index (χ2n) is 20.9. The molecule has 0 saturated heterocycles. The molecular weight excluding hydrogens is 855 g/mol. The van der Waals surface area contributed by atoms with Gasteiger partial charge in [-0.15, -0.1) is 0 Å². The third-order valence-corrected chi connectivity index (χ3v) is 14.2. The Bertz CT molecular complexity index is 3630. The van der Waals surface area contributed by atoms with Crippen LogP contribution in [-0.2, 0) is 10.8 Å². The summed E-state index contributed by atoms with van der Waals surface area (Å²) >= 11 is 0. The van der Waals surface area contributed by atoms with Crippen molar-refractivity contribution >= 4 is 66.7 Å². The van der Waals surface area contributed by atoms with E-state index in [-0.39, 0.29) is 17.5 Å². The van der Waals surface area contributed by atoms with Crippen LogP contribution in [0.4, 0.5) is 0 Å². The molecule has 0 radical (unpaired) electrons. The number of rotatable bonds is 13. The summed E-state index contributed by atoms with van der Waals surface area (Å²) in [6.45, 7) is 19.7. The summed E-state index contributed by atoms with van der Waals surface area (Å²) in [6.07, 6.45) is 1.46. The maximum Gasteiger partial charge on any atom is 0.284 e. The van der Waals surface area contributed by atoms with E-state index in [2.05, 4.69) is 154 Å². The molecule has 0 fully saturated rings. The minimum Gasteiger partial charge on any atom is -0.493 e. The Morgan fingerprint density at radius 2 is 1.03 bits per heavy atom. The summed E-state index contributed by atoms with van der Waals surface area (Å²) in [5, 5.41) is 4.89. The SMILES string of the molecule is Cc1ccc(OCCCOc2ccc(-c3ccc4c5c3c3cc(C(C)(C)C)ccc3n5-c3cccc5c3B4c3ccc(OCCCOc4ccc(C)o4)c4c6cc(C(C)(C)C)ccc6n-5c34)cc2)o1. The van der Waals surface area contributed by atoms with Gasteiger partial charge in [-0.2, -0.15) is 0 Å². The lowest BCUT2D eigenvalue weighted by molar-refractivity contribution is 0.207. The van der Waals surface area contributed by atoms with Crippen molar-refractivity contribution in [2.24, 2.45) is 0 Å². The quantitative estimate of drug-likeness (QED) is 0.0847. The van der Waals surface area contributed by atoms with E-state index in [1.807, 2.05) is 38.1 Å². The number of aryl methyl sites for hydroxylation is 2. The van der Waals surface area contributed by atoms with Crippen molar-refractivity contribution in [3.05, 3.63) is 150 Å². The van der Waals surface area contributed by atoms with Crippen LogP contribution in [0.5, 0.6) is 23.4 Å². The molecule has 12 rings (SSSR count). The van der Waals surface area contributed by atoms with Gasteiger partial charge >= 0.3 is 0 Å². The summed E-state index contributed by atoms with van der Waals surface area (Å²) < 4.78 is 41.0. The van der Waals surface area contributed by atoms with Crippen molar-refractivity contribution < 1.29 is 27.8 Å². The predicted molar refractivity (Wildman–Crippen MR) is 281 cm³/mol. The normalized spacial score (nSPS) is 13.0. The largest absolute Gasteiger partial charge is 0.493 e. The lowest BCUT2D eigenvalue weighted by Gasteiger charge is -2.34. The lowest BCUT2D eigenvalue weighted by atomic mass is 9.34. The van der Waals surface area contributed by atoms with Crippen LogP contribution in [-0.4, -0.2) is 42.3 Å². The number of nitrogens with zero attached hydrogens (tertiary/aromatic N) is 2. The third kappa shape index (κ3) is 7.19. The number of fused-ring (bicyclic) bond motifs is 10. The Kier molecular flexibility index (Phi) is 10.1. The van der Waals surface area contributed by atoms with E-state index in [0.717, 1.165) is 40.4 Å². The standard InChI is InChI=1S/C60H57BN2O6/c1-36-14-28-52(68-36)66-32-10-30-64-41-20-16-38(17-21-41)42-22-23-45-57-54(42)43-34-39(59(3,4)5)18-25-47(43)62(57)49-12-9-13-50-56(49)61(45)46-24-27-51(65-31-11-33-67-53-29-15-37(2)69-53)55-44-35-40(60(6,7)8)19-26-48(44)63(50)58(46)55/h9,12-29,34-35H,10-11,30-33H2,1-8H3. The minimum atomic E-state index is -0.0343. The summed E-state index contributed by atoms with van der Waals surface area (Å²) in [4.78, 5) is 0. The third-order valence-electron chi connectivity index (χ3n) is 14.2. The average Bonchev–Trinajstić information content (AvgIpc) is 4.12. The van der Waals surface area contributed by atoms with Crippen molar-refractivity contribution in [2.75, 3.05) is 26.4 Å². The number of furan rings is 2. The molecule has 0 unspecified atom stereocenters. The van der Waals surface area contributed by atoms with Gasteiger partial charge in [0.1, 0.15) is 23.0 Å². The van der Waals surface area contributed by atoms with Crippen LogP contribution in [0.3, 0.4) is 0 Å². The van der Waals surface area contributed by atoms with Crippen molar-refractivity contribution in [3.8, 4) is 45.9 Å². The highest BCUT2D eigenvalue weighted by atomic mass is 16.6. The lowest BCUT2D eigenvalue weighted by Crippen LogP contribution is -2.59. The Morgan fingerprint density at radius 3 is 1.58 bits per heavy atom. The van der Waals surface area contributed by atoms with Gasteiger partial charge in [0.15, 0.2) is 0 Å². The summed E-state index contributed by atoms with van der Waals surface area (Å²) in [5.41, 5.74) is 16.1. The molecule has 346 valence electrons. The fourth-order valence-electron chi connectivity index (χ4n) is 10.8. The number of benzene rings is 6. The van der Waals surface area contributed by atoms with Gasteiger partial charge in [0.25, 0.3) is 18.6 Å². The monoisotopic (exact) mass is 912 g/mol. The van der Waals surface area contributed by atoms with E-state index in [1.165, 1.54) is 82.7 Å². The maximum atomic E-state index is 6.80. The zero-order valence-corrected chi connectivity index (χ0v) is 40.8. The van der Waals surface area contributed by atoms with Gasteiger partial charge in [-0.3, -0.25) is 0 Å². The van der Waals surface area contributed by atoms with E-state index in [9.17, 15) is 0 Å². The zero-order valence-electron chi connectivity index (χ0n) is 40.8. The van der Waals surface area contributed by atoms with Crippen LogP contribution in [0.25, 0.3) is 66.1 Å². The van der Waals surface area contributed by atoms with E-state index >= 15 is 0 Å². The molecule has 8 nitrogen and oxygen atoms in total.